The number of rotatable bonds is 9. The molecule has 0 unspecified atom stereocenters. The Balaban J connectivity index is 1.49. The van der Waals surface area contributed by atoms with Crippen LogP contribution in [0, 0.1) is 5.41 Å². The molecule has 45 heavy (non-hydrogen) atoms. The highest BCUT2D eigenvalue weighted by Crippen LogP contribution is 2.57. The Morgan fingerprint density at radius 2 is 1.49 bits per heavy atom. The Labute approximate surface area is 276 Å². The average molecular weight is 650 g/mol. The number of fused-ring (bicyclic) bond motifs is 4. The number of ketones is 1. The van der Waals surface area contributed by atoms with Gasteiger partial charge in [-0.15, -0.1) is 0 Å². The van der Waals surface area contributed by atoms with Crippen molar-refractivity contribution in [3.63, 3.8) is 0 Å². The molecule has 3 aliphatic carbocycles. The standard InChI is InChI=1S/C37H52ClN3O3Si/c1-25(2)45(26(3)4,27(5)6)41-22-15-29-31(30(38)23-39-33(29)41)32(42)36-16-19-37(20-17-36,21-18-36)40(34(43)44-35(7,8)9)24-28-13-11-10-12-14-28/h10-15,22-23,25-27H,16-21,24H2,1-9H3. The van der Waals surface area contributed by atoms with Crippen molar-refractivity contribution in [2.45, 2.75) is 135 Å². The van der Waals surface area contributed by atoms with Crippen LogP contribution in [0.2, 0.25) is 21.6 Å². The van der Waals surface area contributed by atoms with E-state index in [0.29, 0.717) is 33.8 Å². The highest BCUT2D eigenvalue weighted by Gasteiger charge is 2.56. The normalized spacial score (nSPS) is 22.1. The number of hydrogen-bond donors (Lipinski definition) is 0. The highest BCUT2D eigenvalue weighted by atomic mass is 35.5. The molecule has 3 fully saturated rings. The zero-order valence-corrected chi connectivity index (χ0v) is 30.5. The summed E-state index contributed by atoms with van der Waals surface area (Å²) >= 11 is 6.88. The van der Waals surface area contributed by atoms with Crippen molar-refractivity contribution >= 4 is 42.7 Å². The van der Waals surface area contributed by atoms with E-state index in [1.165, 1.54) is 0 Å². The lowest BCUT2D eigenvalue weighted by atomic mass is 9.54. The minimum Gasteiger partial charge on any atom is -0.444 e. The van der Waals surface area contributed by atoms with E-state index < -0.39 is 19.3 Å². The van der Waals surface area contributed by atoms with E-state index in [1.54, 1.807) is 6.20 Å². The van der Waals surface area contributed by atoms with E-state index in [1.807, 2.05) is 43.9 Å². The topological polar surface area (TPSA) is 64.4 Å². The minimum atomic E-state index is -2.08. The first-order chi connectivity index (χ1) is 21.1. The van der Waals surface area contributed by atoms with Crippen LogP contribution >= 0.6 is 11.6 Å². The Morgan fingerprint density at radius 3 is 2.00 bits per heavy atom. The number of hydrogen-bond acceptors (Lipinski definition) is 4. The van der Waals surface area contributed by atoms with Gasteiger partial charge in [0.05, 0.1) is 5.02 Å². The molecule has 6 nitrogen and oxygen atoms in total. The van der Waals surface area contributed by atoms with E-state index in [2.05, 4.69) is 70.2 Å². The summed E-state index contributed by atoms with van der Waals surface area (Å²) in [5.41, 5.74) is 2.67. The molecule has 2 heterocycles. The molecule has 0 radical (unpaired) electrons. The van der Waals surface area contributed by atoms with E-state index in [0.717, 1.165) is 55.1 Å². The zero-order valence-electron chi connectivity index (χ0n) is 28.7. The van der Waals surface area contributed by atoms with E-state index >= 15 is 0 Å². The molecular formula is C37H52ClN3O3Si. The third-order valence-corrected chi connectivity index (χ3v) is 18.2. The number of ether oxygens (including phenoxy) is 1. The number of aromatic nitrogens is 2. The van der Waals surface area contributed by atoms with E-state index in [9.17, 15) is 9.59 Å². The number of Topliss-reactive ketones (excluding diaryl/α,β-unsaturated/α-hetero) is 1. The molecule has 244 valence electrons. The summed E-state index contributed by atoms with van der Waals surface area (Å²) in [5, 5.41) is 1.31. The number of carbonyl (C=O) groups excluding carboxylic acids is 2. The van der Waals surface area contributed by atoms with Crippen LogP contribution in [0.25, 0.3) is 11.0 Å². The molecule has 2 aromatic heterocycles. The van der Waals surface area contributed by atoms with Gasteiger partial charge in [0.2, 0.25) is 0 Å². The maximum absolute atomic E-state index is 14.7. The van der Waals surface area contributed by atoms with Crippen LogP contribution < -0.4 is 0 Å². The van der Waals surface area contributed by atoms with Gasteiger partial charge in [-0.1, -0.05) is 83.5 Å². The molecular weight excluding hydrogens is 598 g/mol. The molecule has 3 saturated carbocycles. The van der Waals surface area contributed by atoms with Gasteiger partial charge in [0.1, 0.15) is 11.2 Å². The van der Waals surface area contributed by atoms with Crippen molar-refractivity contribution in [2.24, 2.45) is 5.41 Å². The van der Waals surface area contributed by atoms with Crippen LogP contribution in [0.15, 0.2) is 48.8 Å². The number of benzene rings is 1. The van der Waals surface area contributed by atoms with Crippen LogP contribution in [0.3, 0.4) is 0 Å². The number of nitrogens with zero attached hydrogens (tertiary/aromatic N) is 3. The molecule has 1 amide bonds. The van der Waals surface area contributed by atoms with Crippen molar-refractivity contribution in [1.29, 1.82) is 0 Å². The van der Waals surface area contributed by atoms with Crippen LogP contribution in [-0.4, -0.2) is 45.4 Å². The second-order valence-corrected chi connectivity index (χ2v) is 21.8. The first kappa shape index (κ1) is 33.7. The second-order valence-electron chi connectivity index (χ2n) is 15.6. The fraction of sp³-hybridized carbons (Fsp3) is 0.595. The second kappa shape index (κ2) is 12.2. The maximum Gasteiger partial charge on any atom is 0.411 e. The van der Waals surface area contributed by atoms with Gasteiger partial charge in [0, 0.05) is 34.6 Å². The summed E-state index contributed by atoms with van der Waals surface area (Å²) in [6.07, 6.45) is 8.08. The quantitative estimate of drug-likeness (QED) is 0.171. The average Bonchev–Trinajstić information content (AvgIpc) is 3.39. The molecule has 1 aromatic carbocycles. The molecule has 0 N–H and O–H groups in total. The largest absolute Gasteiger partial charge is 0.444 e. The highest BCUT2D eigenvalue weighted by molar-refractivity contribution is 6.82. The summed E-state index contributed by atoms with van der Waals surface area (Å²) in [4.78, 5) is 35.3. The van der Waals surface area contributed by atoms with Gasteiger partial charge in [-0.3, -0.25) is 9.69 Å². The Bertz CT molecular complexity index is 1510. The van der Waals surface area contributed by atoms with Gasteiger partial charge in [-0.2, -0.15) is 0 Å². The van der Waals surface area contributed by atoms with Crippen molar-refractivity contribution in [3.05, 3.63) is 64.9 Å². The number of carbonyl (C=O) groups is 2. The zero-order chi connectivity index (χ0) is 32.9. The SMILES string of the molecule is CC(C)[Si](C(C)C)(C(C)C)n1ccc2c(C(=O)C34CCC(N(Cc5ccccc5)C(=O)OC(C)(C)C)(CC3)CC4)c(Cl)cnc21. The van der Waals surface area contributed by atoms with E-state index in [-0.39, 0.29) is 17.4 Å². The molecule has 0 spiro atoms. The van der Waals surface area contributed by atoms with Crippen molar-refractivity contribution in [3.8, 4) is 0 Å². The minimum absolute atomic E-state index is 0.142. The molecule has 6 rings (SSSR count). The van der Waals surface area contributed by atoms with Crippen molar-refractivity contribution < 1.29 is 14.3 Å². The smallest absolute Gasteiger partial charge is 0.411 e. The fourth-order valence-corrected chi connectivity index (χ4v) is 15.9. The van der Waals surface area contributed by atoms with Gasteiger partial charge in [-0.25, -0.2) is 9.78 Å². The molecule has 3 aliphatic rings. The predicted molar refractivity (Wildman–Crippen MR) is 187 cm³/mol. The van der Waals surface area contributed by atoms with Gasteiger partial charge in [0.15, 0.2) is 14.0 Å². The van der Waals surface area contributed by atoms with Crippen molar-refractivity contribution in [1.82, 2.24) is 14.1 Å². The first-order valence-corrected chi connectivity index (χ1v) is 19.4. The molecule has 0 aliphatic heterocycles. The lowest BCUT2D eigenvalue weighted by molar-refractivity contribution is -0.0580. The fourth-order valence-electron chi connectivity index (χ4n) is 9.13. The Morgan fingerprint density at radius 1 is 0.933 bits per heavy atom. The van der Waals surface area contributed by atoms with E-state index in [4.69, 9.17) is 21.3 Å². The third-order valence-electron chi connectivity index (χ3n) is 11.1. The lowest BCUT2D eigenvalue weighted by Gasteiger charge is -2.56. The van der Waals surface area contributed by atoms with Crippen LogP contribution in [0.4, 0.5) is 4.79 Å². The molecule has 8 heteroatoms. The summed E-state index contributed by atoms with van der Waals surface area (Å²) < 4.78 is 8.41. The molecule has 0 saturated heterocycles. The Hall–Kier alpha value is -2.64. The molecule has 3 aromatic rings. The number of amides is 1. The van der Waals surface area contributed by atoms with Gasteiger partial charge < -0.3 is 8.97 Å². The molecule has 0 atom stereocenters. The van der Waals surface area contributed by atoms with Crippen molar-refractivity contribution in [2.75, 3.05) is 0 Å². The van der Waals surface area contributed by atoms with Gasteiger partial charge in [0.25, 0.3) is 0 Å². The summed E-state index contributed by atoms with van der Waals surface area (Å²) in [7, 11) is -2.08. The number of pyridine rings is 1. The maximum atomic E-state index is 14.7. The van der Waals surface area contributed by atoms with Gasteiger partial charge in [-0.05, 0) is 93.7 Å². The van der Waals surface area contributed by atoms with Crippen LogP contribution in [0.5, 0.6) is 0 Å². The summed E-state index contributed by atoms with van der Waals surface area (Å²) in [6.45, 7) is 20.3. The summed E-state index contributed by atoms with van der Waals surface area (Å²) in [5.74, 6) is 0.142. The van der Waals surface area contributed by atoms with Gasteiger partial charge >= 0.3 is 6.09 Å². The van der Waals surface area contributed by atoms with Crippen LogP contribution in [-0.2, 0) is 11.3 Å². The van der Waals surface area contributed by atoms with Crippen LogP contribution in [0.1, 0.15) is 117 Å². The predicted octanol–water partition coefficient (Wildman–Crippen LogP) is 10.4. The summed E-state index contributed by atoms with van der Waals surface area (Å²) in [6, 6.07) is 12.2. The third kappa shape index (κ3) is 5.77. The first-order valence-electron chi connectivity index (χ1n) is 16.8. The number of halogens is 1. The lowest BCUT2D eigenvalue weighted by Crippen LogP contribution is -2.60. The Kier molecular flexibility index (Phi) is 9.13. The monoisotopic (exact) mass is 649 g/mol. The molecule has 2 bridgehead atoms.